The van der Waals surface area contributed by atoms with Gasteiger partial charge in [-0.15, -0.1) is 0 Å². The number of carbonyl (C=O) groups excluding carboxylic acids is 1. The second-order valence-electron chi connectivity index (χ2n) is 2.38. The van der Waals surface area contributed by atoms with E-state index in [2.05, 4.69) is 19.6 Å². The third-order valence-electron chi connectivity index (χ3n) is 1.51. The monoisotopic (exact) mass is 175 g/mol. The fourth-order valence-corrected chi connectivity index (χ4v) is 0.942. The molecule has 2 aromatic heterocycles. The van der Waals surface area contributed by atoms with Gasteiger partial charge in [-0.25, -0.2) is 0 Å². The minimum Gasteiger partial charge on any atom is -0.342 e. The van der Waals surface area contributed by atoms with Crippen LogP contribution in [0.3, 0.4) is 0 Å². The molecule has 0 bridgehead atoms. The minimum atomic E-state index is 0.427. The molecule has 0 aromatic carbocycles. The predicted octanol–water partition coefficient (Wildman–Crippen LogP) is 0.944. The summed E-state index contributed by atoms with van der Waals surface area (Å²) in [6, 6.07) is 1.64. The zero-order valence-electron chi connectivity index (χ0n) is 6.54. The minimum absolute atomic E-state index is 0.427. The number of pyridine rings is 1. The van der Waals surface area contributed by atoms with Gasteiger partial charge < -0.3 is 4.52 Å². The number of hydrogen-bond donors (Lipinski definition) is 0. The van der Waals surface area contributed by atoms with Crippen LogP contribution < -0.4 is 0 Å². The molecule has 0 saturated carbocycles. The zero-order valence-corrected chi connectivity index (χ0v) is 6.54. The number of rotatable bonds is 2. The molecule has 5 nitrogen and oxygen atoms in total. The number of nitrogens with zero attached hydrogens (tertiary/aromatic N) is 3. The summed E-state index contributed by atoms with van der Waals surface area (Å²) in [5.74, 6) is 0.427. The first kappa shape index (κ1) is 7.60. The van der Waals surface area contributed by atoms with Gasteiger partial charge in [0.1, 0.15) is 0 Å². The van der Waals surface area contributed by atoms with Crippen LogP contribution in [0.2, 0.25) is 0 Å². The molecule has 0 N–H and O–H groups in total. The normalized spacial score (nSPS) is 9.85. The SMILES string of the molecule is O=Cc1cncc(-c2ncon2)c1. The third kappa shape index (κ3) is 1.44. The van der Waals surface area contributed by atoms with Crippen LogP contribution in [0.1, 0.15) is 10.4 Å². The first-order valence-corrected chi connectivity index (χ1v) is 3.57. The first-order chi connectivity index (χ1) is 6.40. The first-order valence-electron chi connectivity index (χ1n) is 3.57. The fourth-order valence-electron chi connectivity index (χ4n) is 0.942. The van der Waals surface area contributed by atoms with Crippen LogP contribution in [-0.2, 0) is 0 Å². The van der Waals surface area contributed by atoms with Crippen LogP contribution in [0.25, 0.3) is 11.4 Å². The number of aldehydes is 1. The smallest absolute Gasteiger partial charge is 0.214 e. The summed E-state index contributed by atoms with van der Waals surface area (Å²) in [5, 5.41) is 3.62. The molecule has 2 aromatic rings. The largest absolute Gasteiger partial charge is 0.342 e. The van der Waals surface area contributed by atoms with E-state index in [4.69, 9.17) is 0 Å². The van der Waals surface area contributed by atoms with E-state index in [-0.39, 0.29) is 0 Å². The van der Waals surface area contributed by atoms with Crippen molar-refractivity contribution in [3.05, 3.63) is 30.4 Å². The van der Waals surface area contributed by atoms with Crippen molar-refractivity contribution < 1.29 is 9.32 Å². The van der Waals surface area contributed by atoms with E-state index in [1.54, 1.807) is 12.3 Å². The summed E-state index contributed by atoms with van der Waals surface area (Å²) in [7, 11) is 0. The van der Waals surface area contributed by atoms with Crippen LogP contribution in [0.5, 0.6) is 0 Å². The Bertz CT molecular complexity index is 411. The number of hydrogen-bond acceptors (Lipinski definition) is 5. The van der Waals surface area contributed by atoms with Gasteiger partial charge >= 0.3 is 0 Å². The van der Waals surface area contributed by atoms with Crippen molar-refractivity contribution in [2.75, 3.05) is 0 Å². The predicted molar refractivity (Wildman–Crippen MR) is 42.9 cm³/mol. The Balaban J connectivity index is 2.47. The lowest BCUT2D eigenvalue weighted by molar-refractivity contribution is 0.112. The molecule has 0 atom stereocenters. The topological polar surface area (TPSA) is 68.9 Å². The highest BCUT2D eigenvalue weighted by molar-refractivity contribution is 5.76. The molecule has 2 heterocycles. The molecule has 0 fully saturated rings. The average Bonchev–Trinajstić information content (AvgIpc) is 2.71. The van der Waals surface area contributed by atoms with Crippen molar-refractivity contribution in [2.24, 2.45) is 0 Å². The zero-order chi connectivity index (χ0) is 9.10. The summed E-state index contributed by atoms with van der Waals surface area (Å²) in [6.45, 7) is 0. The molecule has 0 aliphatic heterocycles. The maximum atomic E-state index is 10.4. The molecule has 2 rings (SSSR count). The second-order valence-corrected chi connectivity index (χ2v) is 2.38. The van der Waals surface area contributed by atoms with E-state index in [1.807, 2.05) is 0 Å². The highest BCUT2D eigenvalue weighted by Crippen LogP contribution is 2.12. The van der Waals surface area contributed by atoms with E-state index < -0.39 is 0 Å². The molecule has 64 valence electrons. The molecule has 0 radical (unpaired) electrons. The van der Waals surface area contributed by atoms with E-state index in [0.29, 0.717) is 17.0 Å². The summed E-state index contributed by atoms with van der Waals surface area (Å²) in [6.07, 6.45) is 4.98. The van der Waals surface area contributed by atoms with Crippen LogP contribution in [-0.4, -0.2) is 21.4 Å². The third-order valence-corrected chi connectivity index (χ3v) is 1.51. The second kappa shape index (κ2) is 3.14. The molecule has 0 spiro atoms. The Morgan fingerprint density at radius 2 is 2.31 bits per heavy atom. The van der Waals surface area contributed by atoms with E-state index >= 15 is 0 Å². The Labute approximate surface area is 73.4 Å². The summed E-state index contributed by atoms with van der Waals surface area (Å²) in [5.41, 5.74) is 1.15. The van der Waals surface area contributed by atoms with Gasteiger partial charge in [0, 0.05) is 23.5 Å². The van der Waals surface area contributed by atoms with E-state index in [0.717, 1.165) is 6.29 Å². The van der Waals surface area contributed by atoms with Gasteiger partial charge in [0.15, 0.2) is 6.29 Å². The quantitative estimate of drug-likeness (QED) is 0.635. The summed E-state index contributed by atoms with van der Waals surface area (Å²) < 4.78 is 4.57. The van der Waals surface area contributed by atoms with E-state index in [1.165, 1.54) is 12.6 Å². The summed E-state index contributed by atoms with van der Waals surface area (Å²) in [4.78, 5) is 18.1. The lowest BCUT2D eigenvalue weighted by Gasteiger charge is -1.93. The molecular formula is C8H5N3O2. The highest BCUT2D eigenvalue weighted by atomic mass is 16.5. The van der Waals surface area contributed by atoms with Gasteiger partial charge in [0.25, 0.3) is 0 Å². The summed E-state index contributed by atoms with van der Waals surface area (Å²) >= 11 is 0. The maximum absolute atomic E-state index is 10.4. The van der Waals surface area contributed by atoms with Gasteiger partial charge in [-0.2, -0.15) is 4.98 Å². The lowest BCUT2D eigenvalue weighted by Crippen LogP contribution is -1.86. The van der Waals surface area contributed by atoms with Crippen LogP contribution in [0.15, 0.2) is 29.4 Å². The van der Waals surface area contributed by atoms with Crippen LogP contribution in [0, 0.1) is 0 Å². The van der Waals surface area contributed by atoms with Crippen molar-refractivity contribution in [2.45, 2.75) is 0 Å². The van der Waals surface area contributed by atoms with Crippen molar-refractivity contribution in [1.82, 2.24) is 15.1 Å². The number of carbonyl (C=O) groups is 1. The fraction of sp³-hybridized carbons (Fsp3) is 0. The highest BCUT2D eigenvalue weighted by Gasteiger charge is 2.03. The van der Waals surface area contributed by atoms with Crippen LogP contribution in [0.4, 0.5) is 0 Å². The van der Waals surface area contributed by atoms with Crippen LogP contribution >= 0.6 is 0 Å². The lowest BCUT2D eigenvalue weighted by atomic mass is 10.2. The average molecular weight is 175 g/mol. The van der Waals surface area contributed by atoms with Gasteiger partial charge in [-0.1, -0.05) is 5.16 Å². The van der Waals surface area contributed by atoms with Crippen molar-refractivity contribution in [3.63, 3.8) is 0 Å². The molecule has 0 aliphatic rings. The molecule has 13 heavy (non-hydrogen) atoms. The molecule has 0 aliphatic carbocycles. The van der Waals surface area contributed by atoms with Crippen molar-refractivity contribution >= 4 is 6.29 Å². The molecule has 5 heteroatoms. The standard InChI is InChI=1S/C8H5N3O2/c12-4-6-1-7(3-9-2-6)8-10-5-13-11-8/h1-5H. The van der Waals surface area contributed by atoms with E-state index in [9.17, 15) is 4.79 Å². The van der Waals surface area contributed by atoms with Crippen molar-refractivity contribution in [3.8, 4) is 11.4 Å². The van der Waals surface area contributed by atoms with Gasteiger partial charge in [-0.05, 0) is 6.07 Å². The Kier molecular flexibility index (Phi) is 1.84. The maximum Gasteiger partial charge on any atom is 0.214 e. The molecule has 0 amide bonds. The van der Waals surface area contributed by atoms with Gasteiger partial charge in [0.05, 0.1) is 0 Å². The van der Waals surface area contributed by atoms with Gasteiger partial charge in [0.2, 0.25) is 12.2 Å². The number of aromatic nitrogens is 3. The van der Waals surface area contributed by atoms with Crippen molar-refractivity contribution in [1.29, 1.82) is 0 Å². The Morgan fingerprint density at radius 3 is 3.00 bits per heavy atom. The Morgan fingerprint density at radius 1 is 1.38 bits per heavy atom. The molecule has 0 unspecified atom stereocenters. The molecule has 0 saturated heterocycles. The van der Waals surface area contributed by atoms with Gasteiger partial charge in [-0.3, -0.25) is 9.78 Å². The molecular weight excluding hydrogens is 170 g/mol. The Hall–Kier alpha value is -2.04.